The Balaban J connectivity index is 2.74. The van der Waals surface area contributed by atoms with E-state index in [2.05, 4.69) is 0 Å². The first-order valence-electron chi connectivity index (χ1n) is 5.60. The second-order valence-corrected chi connectivity index (χ2v) is 7.01. The summed E-state index contributed by atoms with van der Waals surface area (Å²) < 4.78 is 27.3. The van der Waals surface area contributed by atoms with Crippen LogP contribution < -0.4 is 0 Å². The van der Waals surface area contributed by atoms with E-state index in [1.54, 1.807) is 6.92 Å². The lowest BCUT2D eigenvalue weighted by Crippen LogP contribution is -2.28. The molecule has 0 aliphatic carbocycles. The Labute approximate surface area is 117 Å². The summed E-state index contributed by atoms with van der Waals surface area (Å²) in [5, 5.41) is 0. The maximum atomic E-state index is 11.8. The van der Waals surface area contributed by atoms with Crippen LogP contribution >= 0.6 is 10.7 Å². The van der Waals surface area contributed by atoms with Crippen LogP contribution in [0.4, 0.5) is 0 Å². The van der Waals surface area contributed by atoms with E-state index in [-0.39, 0.29) is 16.6 Å². The molecule has 0 fully saturated rings. The summed E-state index contributed by atoms with van der Waals surface area (Å²) >= 11 is 0. The number of benzene rings is 1. The number of hydrogen-bond donors (Lipinski definition) is 0. The van der Waals surface area contributed by atoms with E-state index in [4.69, 9.17) is 15.4 Å². The number of likely N-dealkylation sites (N-methyl/N-ethyl adjacent to an activating group) is 1. The Bertz CT molecular complexity index is 539. The summed E-state index contributed by atoms with van der Waals surface area (Å²) in [7, 11) is 5.17. The first kappa shape index (κ1) is 15.9. The van der Waals surface area contributed by atoms with Crippen LogP contribution in [-0.2, 0) is 13.8 Å². The van der Waals surface area contributed by atoms with E-state index in [0.29, 0.717) is 6.54 Å². The molecule has 0 N–H and O–H groups in total. The Morgan fingerprint density at radius 2 is 1.84 bits per heavy atom. The van der Waals surface area contributed by atoms with Gasteiger partial charge in [-0.3, -0.25) is 0 Å². The summed E-state index contributed by atoms with van der Waals surface area (Å²) in [6, 6.07) is 5.30. The molecule has 0 heterocycles. The van der Waals surface area contributed by atoms with E-state index < -0.39 is 15.0 Å². The van der Waals surface area contributed by atoms with Gasteiger partial charge in [0.25, 0.3) is 9.05 Å². The SMILES string of the molecule is CC(CN(C)C)OC(=O)c1ccc(S(=O)(=O)Cl)cc1. The molecule has 0 bridgehead atoms. The number of esters is 1. The zero-order valence-electron chi connectivity index (χ0n) is 11.0. The van der Waals surface area contributed by atoms with E-state index >= 15 is 0 Å². The molecule has 106 valence electrons. The Morgan fingerprint density at radius 1 is 1.32 bits per heavy atom. The molecule has 19 heavy (non-hydrogen) atoms. The molecule has 1 unspecified atom stereocenters. The van der Waals surface area contributed by atoms with Crippen LogP contribution in [-0.4, -0.2) is 46.0 Å². The van der Waals surface area contributed by atoms with Gasteiger partial charge in [0.1, 0.15) is 6.10 Å². The van der Waals surface area contributed by atoms with E-state index in [9.17, 15) is 13.2 Å². The van der Waals surface area contributed by atoms with Gasteiger partial charge in [-0.25, -0.2) is 13.2 Å². The quantitative estimate of drug-likeness (QED) is 0.612. The molecule has 5 nitrogen and oxygen atoms in total. The van der Waals surface area contributed by atoms with E-state index in [0.717, 1.165) is 0 Å². The first-order valence-corrected chi connectivity index (χ1v) is 7.91. The van der Waals surface area contributed by atoms with Crippen LogP contribution in [0.15, 0.2) is 29.2 Å². The highest BCUT2D eigenvalue weighted by atomic mass is 35.7. The van der Waals surface area contributed by atoms with Crippen LogP contribution in [0, 0.1) is 0 Å². The van der Waals surface area contributed by atoms with Gasteiger partial charge in [0, 0.05) is 17.2 Å². The highest BCUT2D eigenvalue weighted by Crippen LogP contribution is 2.16. The fourth-order valence-electron chi connectivity index (χ4n) is 1.56. The molecule has 0 radical (unpaired) electrons. The van der Waals surface area contributed by atoms with Crippen molar-refractivity contribution in [3.05, 3.63) is 29.8 Å². The molecule has 1 aromatic carbocycles. The fourth-order valence-corrected chi connectivity index (χ4v) is 2.33. The minimum atomic E-state index is -3.77. The van der Waals surface area contributed by atoms with Gasteiger partial charge in [-0.1, -0.05) is 0 Å². The summed E-state index contributed by atoms with van der Waals surface area (Å²) in [5.41, 5.74) is 0.287. The van der Waals surface area contributed by atoms with Gasteiger partial charge in [0.05, 0.1) is 10.5 Å². The zero-order chi connectivity index (χ0) is 14.6. The van der Waals surface area contributed by atoms with Crippen molar-refractivity contribution in [2.75, 3.05) is 20.6 Å². The molecule has 0 aromatic heterocycles. The second-order valence-electron chi connectivity index (χ2n) is 4.44. The van der Waals surface area contributed by atoms with Crippen LogP contribution in [0.3, 0.4) is 0 Å². The topological polar surface area (TPSA) is 63.7 Å². The number of carbonyl (C=O) groups is 1. The van der Waals surface area contributed by atoms with Crippen LogP contribution in [0.2, 0.25) is 0 Å². The predicted octanol–water partition coefficient (Wildman–Crippen LogP) is 1.72. The molecule has 7 heteroatoms. The second kappa shape index (κ2) is 6.36. The number of ether oxygens (including phenoxy) is 1. The number of carbonyl (C=O) groups excluding carboxylic acids is 1. The Hall–Kier alpha value is -1.11. The standard InChI is InChI=1S/C12H16ClNO4S/c1-9(8-14(2)3)18-12(15)10-4-6-11(7-5-10)19(13,16)17/h4-7,9H,8H2,1-3H3. The molecule has 0 amide bonds. The fraction of sp³-hybridized carbons (Fsp3) is 0.417. The maximum absolute atomic E-state index is 11.8. The molecular formula is C12H16ClNO4S. The molecule has 0 spiro atoms. The predicted molar refractivity (Wildman–Crippen MR) is 72.9 cm³/mol. The van der Waals surface area contributed by atoms with Crippen molar-refractivity contribution in [1.82, 2.24) is 4.90 Å². The summed E-state index contributed by atoms with van der Waals surface area (Å²) in [4.78, 5) is 13.6. The van der Waals surface area contributed by atoms with Crippen molar-refractivity contribution in [2.24, 2.45) is 0 Å². The Morgan fingerprint density at radius 3 is 2.26 bits per heavy atom. The van der Waals surface area contributed by atoms with Crippen LogP contribution in [0.5, 0.6) is 0 Å². The van der Waals surface area contributed by atoms with Gasteiger partial charge < -0.3 is 9.64 Å². The van der Waals surface area contributed by atoms with E-state index in [1.807, 2.05) is 19.0 Å². The zero-order valence-corrected chi connectivity index (χ0v) is 12.5. The third-order valence-electron chi connectivity index (χ3n) is 2.30. The third kappa shape index (κ3) is 5.18. The average Bonchev–Trinajstić information content (AvgIpc) is 2.26. The number of hydrogen-bond acceptors (Lipinski definition) is 5. The molecule has 1 aromatic rings. The minimum absolute atomic E-state index is 0.0490. The molecule has 1 atom stereocenters. The third-order valence-corrected chi connectivity index (χ3v) is 3.67. The van der Waals surface area contributed by atoms with Crippen molar-refractivity contribution in [3.8, 4) is 0 Å². The first-order chi connectivity index (χ1) is 8.70. The maximum Gasteiger partial charge on any atom is 0.338 e. The van der Waals surface area contributed by atoms with Gasteiger partial charge in [-0.15, -0.1) is 0 Å². The Kier molecular flexibility index (Phi) is 5.34. The van der Waals surface area contributed by atoms with Crippen molar-refractivity contribution in [3.63, 3.8) is 0 Å². The number of nitrogens with zero attached hydrogens (tertiary/aromatic N) is 1. The van der Waals surface area contributed by atoms with Crippen molar-refractivity contribution in [2.45, 2.75) is 17.9 Å². The minimum Gasteiger partial charge on any atom is -0.458 e. The van der Waals surface area contributed by atoms with Crippen molar-refractivity contribution in [1.29, 1.82) is 0 Å². The lowest BCUT2D eigenvalue weighted by Gasteiger charge is -2.17. The summed E-state index contributed by atoms with van der Waals surface area (Å²) in [6.07, 6.45) is -0.251. The van der Waals surface area contributed by atoms with Crippen LogP contribution in [0.1, 0.15) is 17.3 Å². The average molecular weight is 306 g/mol. The number of rotatable bonds is 5. The van der Waals surface area contributed by atoms with Gasteiger partial charge in [0.15, 0.2) is 0 Å². The molecular weight excluding hydrogens is 290 g/mol. The van der Waals surface area contributed by atoms with E-state index in [1.165, 1.54) is 24.3 Å². The normalized spacial score (nSPS) is 13.3. The molecule has 0 saturated heterocycles. The van der Waals surface area contributed by atoms with Crippen molar-refractivity contribution < 1.29 is 17.9 Å². The smallest absolute Gasteiger partial charge is 0.338 e. The monoisotopic (exact) mass is 305 g/mol. The van der Waals surface area contributed by atoms with Crippen LogP contribution in [0.25, 0.3) is 0 Å². The highest BCUT2D eigenvalue weighted by Gasteiger charge is 2.15. The van der Waals surface area contributed by atoms with Gasteiger partial charge in [-0.05, 0) is 45.3 Å². The lowest BCUT2D eigenvalue weighted by molar-refractivity contribution is 0.0289. The van der Waals surface area contributed by atoms with Crippen molar-refractivity contribution >= 4 is 25.7 Å². The van der Waals surface area contributed by atoms with Gasteiger partial charge in [-0.2, -0.15) is 0 Å². The molecule has 1 rings (SSSR count). The summed E-state index contributed by atoms with van der Waals surface area (Å²) in [5.74, 6) is -0.493. The molecule has 0 aliphatic rings. The van der Waals surface area contributed by atoms with Gasteiger partial charge >= 0.3 is 5.97 Å². The number of halogens is 1. The highest BCUT2D eigenvalue weighted by molar-refractivity contribution is 8.13. The lowest BCUT2D eigenvalue weighted by atomic mass is 10.2. The largest absolute Gasteiger partial charge is 0.458 e. The van der Waals surface area contributed by atoms with Gasteiger partial charge in [0.2, 0.25) is 0 Å². The molecule has 0 saturated carbocycles. The molecule has 0 aliphatic heterocycles. The summed E-state index contributed by atoms with van der Waals surface area (Å²) in [6.45, 7) is 2.40.